The SMILES string of the molecule is Cc1ccc2cccc([O][Ga]([O]c3c(-c4cccc5ccccc45)cccc3-c3cccc4ccccc34)[O]c3cccc4ccc(C)nc34)c2n1. The van der Waals surface area contributed by atoms with Crippen molar-refractivity contribution in [3.05, 3.63) is 175 Å². The van der Waals surface area contributed by atoms with Gasteiger partial charge in [0, 0.05) is 0 Å². The van der Waals surface area contributed by atoms with Crippen LogP contribution in [0.3, 0.4) is 0 Å². The Bertz CT molecular complexity index is 2590. The quantitative estimate of drug-likeness (QED) is 0.146. The van der Waals surface area contributed by atoms with Crippen molar-refractivity contribution in [2.45, 2.75) is 13.8 Å². The molecule has 0 fully saturated rings. The molecule has 0 atom stereocenters. The van der Waals surface area contributed by atoms with Crippen molar-refractivity contribution in [2.24, 2.45) is 0 Å². The Morgan fingerprint density at radius 3 is 1.29 bits per heavy atom. The predicted octanol–water partition coefficient (Wildman–Crippen LogP) is 11.6. The van der Waals surface area contributed by atoms with Crippen LogP contribution in [0.15, 0.2) is 164 Å². The Balaban J connectivity index is 1.27. The van der Waals surface area contributed by atoms with Crippen LogP contribution in [-0.2, 0) is 0 Å². The Labute approximate surface area is 308 Å². The van der Waals surface area contributed by atoms with Crippen molar-refractivity contribution in [1.82, 2.24) is 9.97 Å². The van der Waals surface area contributed by atoms with Gasteiger partial charge in [-0.15, -0.1) is 0 Å². The molecule has 0 N–H and O–H groups in total. The van der Waals surface area contributed by atoms with Gasteiger partial charge < -0.3 is 0 Å². The first-order chi connectivity index (χ1) is 25.6. The maximum atomic E-state index is 7.34. The monoisotopic (exact) mass is 730 g/mol. The molecule has 0 spiro atoms. The summed E-state index contributed by atoms with van der Waals surface area (Å²) >= 11 is -3.85. The summed E-state index contributed by atoms with van der Waals surface area (Å²) in [6.07, 6.45) is 0. The number of fused-ring (bicyclic) bond motifs is 4. The molecule has 0 unspecified atom stereocenters. The van der Waals surface area contributed by atoms with Gasteiger partial charge in [-0.3, -0.25) is 0 Å². The second kappa shape index (κ2) is 13.6. The summed E-state index contributed by atoms with van der Waals surface area (Å²) in [5.74, 6) is 1.98. The molecule has 0 aliphatic rings. The molecular weight excluding hydrogens is 698 g/mol. The van der Waals surface area contributed by atoms with Gasteiger partial charge in [0.05, 0.1) is 0 Å². The standard InChI is InChI=1S/C26H18O.2C10H9NO.Ga/c27-26-24(22-14-5-10-18-8-1-3-12-20(18)22)16-7-17-25(26)23-15-6-11-19-9-2-4-13-21(19)23;2*1-7-5-6-8-3-2-4-9(12)10(8)11-7;/h1-17,27H;2*2-6,12H,1H3;/q;;;+3/p-3. The van der Waals surface area contributed by atoms with Gasteiger partial charge in [0.2, 0.25) is 0 Å². The summed E-state index contributed by atoms with van der Waals surface area (Å²) in [5, 5.41) is 6.55. The third kappa shape index (κ3) is 6.02. The molecular formula is C46H33GaN2O3. The van der Waals surface area contributed by atoms with E-state index in [0.717, 1.165) is 77.0 Å². The van der Waals surface area contributed by atoms with Crippen molar-refractivity contribution >= 4 is 60.7 Å². The van der Waals surface area contributed by atoms with Crippen molar-refractivity contribution in [2.75, 3.05) is 0 Å². The first-order valence-electron chi connectivity index (χ1n) is 17.4. The average molecular weight is 732 g/mol. The van der Waals surface area contributed by atoms with Crippen LogP contribution in [0.4, 0.5) is 0 Å². The summed E-state index contributed by atoms with van der Waals surface area (Å²) in [5.41, 5.74) is 7.42. The van der Waals surface area contributed by atoms with Crippen LogP contribution < -0.4 is 10.6 Å². The number of nitrogens with zero attached hydrogens (tertiary/aromatic N) is 2. The van der Waals surface area contributed by atoms with Crippen molar-refractivity contribution in [1.29, 1.82) is 0 Å². The van der Waals surface area contributed by atoms with Gasteiger partial charge in [0.15, 0.2) is 0 Å². The van der Waals surface area contributed by atoms with Crippen molar-refractivity contribution in [3.63, 3.8) is 0 Å². The topological polar surface area (TPSA) is 53.5 Å². The van der Waals surface area contributed by atoms with Crippen LogP contribution in [0.5, 0.6) is 17.2 Å². The maximum absolute atomic E-state index is 7.34. The third-order valence-corrected chi connectivity index (χ3v) is 12.3. The Kier molecular flexibility index (Phi) is 8.31. The summed E-state index contributed by atoms with van der Waals surface area (Å²) in [4.78, 5) is 9.77. The normalized spacial score (nSPS) is 11.3. The summed E-state index contributed by atoms with van der Waals surface area (Å²) in [6.45, 7) is 3.98. The summed E-state index contributed by atoms with van der Waals surface area (Å²) in [7, 11) is 0. The van der Waals surface area contributed by atoms with E-state index in [4.69, 9.17) is 20.6 Å². The van der Waals surface area contributed by atoms with Gasteiger partial charge in [0.1, 0.15) is 0 Å². The molecule has 2 aromatic heterocycles. The number of para-hydroxylation sites is 3. The van der Waals surface area contributed by atoms with E-state index in [1.807, 2.05) is 62.4 Å². The first kappa shape index (κ1) is 31.9. The van der Waals surface area contributed by atoms with E-state index in [2.05, 4.69) is 115 Å². The molecule has 0 radical (unpaired) electrons. The Morgan fingerprint density at radius 2 is 0.769 bits per heavy atom. The van der Waals surface area contributed by atoms with Crippen LogP contribution in [0.25, 0.3) is 65.6 Å². The fourth-order valence-electron chi connectivity index (χ4n) is 7.01. The average Bonchev–Trinajstić information content (AvgIpc) is 3.18. The molecule has 0 bridgehead atoms. The summed E-state index contributed by atoms with van der Waals surface area (Å²) < 4.78 is 21.3. The number of benzene rings is 7. The molecule has 9 rings (SSSR count). The van der Waals surface area contributed by atoms with Gasteiger partial charge in [-0.25, -0.2) is 0 Å². The predicted molar refractivity (Wildman–Crippen MR) is 213 cm³/mol. The van der Waals surface area contributed by atoms with E-state index in [9.17, 15) is 0 Å². The molecule has 52 heavy (non-hydrogen) atoms. The van der Waals surface area contributed by atoms with E-state index in [1.54, 1.807) is 0 Å². The fourth-order valence-corrected chi connectivity index (χ4v) is 9.92. The van der Waals surface area contributed by atoms with Gasteiger partial charge in [-0.2, -0.15) is 0 Å². The van der Waals surface area contributed by atoms with Gasteiger partial charge in [-0.05, 0) is 0 Å². The Morgan fingerprint density at radius 1 is 0.365 bits per heavy atom. The fraction of sp³-hybridized carbons (Fsp3) is 0.0435. The zero-order valence-electron chi connectivity index (χ0n) is 28.8. The zero-order valence-corrected chi connectivity index (χ0v) is 31.2. The van der Waals surface area contributed by atoms with Crippen molar-refractivity contribution < 1.29 is 10.6 Å². The number of aromatic nitrogens is 2. The number of rotatable bonds is 8. The van der Waals surface area contributed by atoms with Gasteiger partial charge in [0.25, 0.3) is 0 Å². The molecule has 2 heterocycles. The molecule has 0 saturated carbocycles. The second-order valence-corrected chi connectivity index (χ2v) is 15.6. The molecule has 6 heteroatoms. The number of pyridine rings is 2. The van der Waals surface area contributed by atoms with Crippen LogP contribution in [0, 0.1) is 13.8 Å². The van der Waals surface area contributed by atoms with E-state index in [0.29, 0.717) is 17.2 Å². The molecule has 248 valence electrons. The van der Waals surface area contributed by atoms with Crippen LogP contribution in [0.2, 0.25) is 0 Å². The molecule has 9 aromatic rings. The third-order valence-electron chi connectivity index (χ3n) is 9.48. The van der Waals surface area contributed by atoms with Crippen molar-refractivity contribution in [3.8, 4) is 39.5 Å². The minimum absolute atomic E-state index is 0.630. The van der Waals surface area contributed by atoms with Crippen LogP contribution in [-0.4, -0.2) is 27.3 Å². The molecule has 5 nitrogen and oxygen atoms in total. The molecule has 0 aliphatic heterocycles. The molecule has 0 saturated heterocycles. The van der Waals surface area contributed by atoms with Gasteiger partial charge >= 0.3 is 310 Å². The number of aryl methyl sites for hydroxylation is 2. The number of hydrogen-bond acceptors (Lipinski definition) is 5. The molecule has 7 aromatic carbocycles. The second-order valence-electron chi connectivity index (χ2n) is 12.9. The van der Waals surface area contributed by atoms with E-state index in [-0.39, 0.29) is 0 Å². The number of hydrogen-bond donors (Lipinski definition) is 0. The van der Waals surface area contributed by atoms with E-state index in [1.165, 1.54) is 0 Å². The summed E-state index contributed by atoms with van der Waals surface area (Å²) in [6, 6.07) is 56.3. The van der Waals surface area contributed by atoms with Crippen LogP contribution in [0.1, 0.15) is 11.4 Å². The van der Waals surface area contributed by atoms with E-state index >= 15 is 0 Å². The van der Waals surface area contributed by atoms with E-state index < -0.39 is 17.3 Å². The minimum atomic E-state index is -3.85. The Hall–Kier alpha value is -6.08. The molecule has 0 amide bonds. The van der Waals surface area contributed by atoms with Crippen LogP contribution >= 0.6 is 0 Å². The van der Waals surface area contributed by atoms with Gasteiger partial charge in [-0.1, -0.05) is 0 Å². The first-order valence-corrected chi connectivity index (χ1v) is 20.4. The zero-order chi connectivity index (χ0) is 35.0. The molecule has 0 aliphatic carbocycles.